The summed E-state index contributed by atoms with van der Waals surface area (Å²) < 4.78 is 23.6. The van der Waals surface area contributed by atoms with Gasteiger partial charge in [0, 0.05) is 31.7 Å². The van der Waals surface area contributed by atoms with Gasteiger partial charge in [-0.2, -0.15) is 0 Å². The average Bonchev–Trinajstić information content (AvgIpc) is 3.00. The van der Waals surface area contributed by atoms with Crippen molar-refractivity contribution in [3.63, 3.8) is 0 Å². The number of nitrogens with zero attached hydrogens (tertiary/aromatic N) is 2. The van der Waals surface area contributed by atoms with Gasteiger partial charge < -0.3 is 19.3 Å². The highest BCUT2D eigenvalue weighted by atomic mass is 19.1. The van der Waals surface area contributed by atoms with Gasteiger partial charge in [-0.3, -0.25) is 9.59 Å². The molecule has 7 nitrogen and oxygen atoms in total. The predicted octanol–water partition coefficient (Wildman–Crippen LogP) is 3.35. The first-order valence-corrected chi connectivity index (χ1v) is 9.77. The van der Waals surface area contributed by atoms with Crippen LogP contribution in [-0.4, -0.2) is 60.6 Å². The number of hydrogen-bond acceptors (Lipinski definition) is 5. The zero-order chi connectivity index (χ0) is 21.5. The van der Waals surface area contributed by atoms with Crippen LogP contribution in [0.3, 0.4) is 0 Å². The van der Waals surface area contributed by atoms with Crippen molar-refractivity contribution in [2.45, 2.75) is 13.3 Å². The quantitative estimate of drug-likeness (QED) is 0.567. The highest BCUT2D eigenvalue weighted by molar-refractivity contribution is 5.95. The molecular weight excluding hydrogens is 391 g/mol. The fourth-order valence-corrected chi connectivity index (χ4v) is 3.22. The first kappa shape index (κ1) is 21.3. The molecule has 8 heteroatoms. The monoisotopic (exact) mass is 414 g/mol. The van der Waals surface area contributed by atoms with Gasteiger partial charge in [0.05, 0.1) is 12.2 Å². The van der Waals surface area contributed by atoms with Crippen molar-refractivity contribution in [1.29, 1.82) is 0 Å². The highest BCUT2D eigenvalue weighted by Crippen LogP contribution is 2.17. The number of carbonyl (C=O) groups is 3. The van der Waals surface area contributed by atoms with Crippen LogP contribution in [0.15, 0.2) is 48.5 Å². The minimum absolute atomic E-state index is 0.0365. The van der Waals surface area contributed by atoms with E-state index in [-0.39, 0.29) is 29.7 Å². The van der Waals surface area contributed by atoms with E-state index in [4.69, 9.17) is 9.47 Å². The molecule has 158 valence electrons. The lowest BCUT2D eigenvalue weighted by Gasteiger charge is -2.22. The van der Waals surface area contributed by atoms with Crippen molar-refractivity contribution in [2.75, 3.05) is 32.8 Å². The molecule has 0 saturated carbocycles. The molecule has 0 N–H and O–H groups in total. The summed E-state index contributed by atoms with van der Waals surface area (Å²) >= 11 is 0. The molecule has 0 radical (unpaired) electrons. The average molecular weight is 414 g/mol. The maximum atomic E-state index is 13.9. The molecule has 1 heterocycles. The first-order valence-electron chi connectivity index (χ1n) is 9.77. The van der Waals surface area contributed by atoms with Crippen LogP contribution in [0.1, 0.15) is 34.1 Å². The normalized spacial score (nSPS) is 14.1. The topological polar surface area (TPSA) is 76.2 Å². The van der Waals surface area contributed by atoms with Gasteiger partial charge >= 0.3 is 6.16 Å². The molecule has 0 bridgehead atoms. The summed E-state index contributed by atoms with van der Waals surface area (Å²) in [6.07, 6.45) is -0.209. The molecule has 30 heavy (non-hydrogen) atoms. The number of hydrogen-bond donors (Lipinski definition) is 0. The van der Waals surface area contributed by atoms with Gasteiger partial charge in [0.2, 0.25) is 0 Å². The minimum atomic E-state index is -0.802. The van der Waals surface area contributed by atoms with Crippen molar-refractivity contribution >= 4 is 18.0 Å². The molecule has 0 aliphatic carbocycles. The maximum Gasteiger partial charge on any atom is 0.513 e. The van der Waals surface area contributed by atoms with Crippen molar-refractivity contribution in [2.24, 2.45) is 0 Å². The molecule has 1 saturated heterocycles. The molecule has 0 unspecified atom stereocenters. The Kier molecular flexibility index (Phi) is 7.00. The number of amides is 2. The molecule has 0 spiro atoms. The van der Waals surface area contributed by atoms with Crippen LogP contribution in [0.2, 0.25) is 0 Å². The zero-order valence-corrected chi connectivity index (χ0v) is 16.7. The third-order valence-corrected chi connectivity index (χ3v) is 4.74. The fraction of sp³-hybridized carbons (Fsp3) is 0.318. The Morgan fingerprint density at radius 3 is 2.17 bits per heavy atom. The molecular formula is C22H23FN2O5. The van der Waals surface area contributed by atoms with Crippen molar-refractivity contribution < 1.29 is 28.2 Å². The van der Waals surface area contributed by atoms with E-state index < -0.39 is 12.0 Å². The van der Waals surface area contributed by atoms with E-state index in [1.165, 1.54) is 30.3 Å². The van der Waals surface area contributed by atoms with Crippen molar-refractivity contribution in [3.05, 3.63) is 65.5 Å². The van der Waals surface area contributed by atoms with Gasteiger partial charge in [0.25, 0.3) is 11.8 Å². The Hall–Kier alpha value is -3.42. The Bertz CT molecular complexity index is 916. The Labute approximate surface area is 174 Å². The minimum Gasteiger partial charge on any atom is -0.434 e. The van der Waals surface area contributed by atoms with Gasteiger partial charge in [-0.15, -0.1) is 0 Å². The van der Waals surface area contributed by atoms with Crippen LogP contribution in [0.4, 0.5) is 9.18 Å². The number of benzene rings is 2. The van der Waals surface area contributed by atoms with E-state index in [1.807, 2.05) is 0 Å². The molecule has 1 aliphatic heterocycles. The predicted molar refractivity (Wildman–Crippen MR) is 107 cm³/mol. The standard InChI is InChI=1S/C22H23FN2O5/c1-2-29-22(28)30-17-10-8-16(9-11-17)20(26)24-12-5-13-25(15-14-24)21(27)18-6-3-4-7-19(18)23/h3-4,6-11H,2,5,12-15H2,1H3. The van der Waals surface area contributed by atoms with Crippen LogP contribution < -0.4 is 4.74 Å². The molecule has 0 atom stereocenters. The highest BCUT2D eigenvalue weighted by Gasteiger charge is 2.25. The van der Waals surface area contributed by atoms with Gasteiger partial charge in [-0.25, -0.2) is 9.18 Å². The summed E-state index contributed by atoms with van der Waals surface area (Å²) in [6, 6.07) is 12.1. The SMILES string of the molecule is CCOC(=O)Oc1ccc(C(=O)N2CCCN(C(=O)c3ccccc3F)CC2)cc1. The fourth-order valence-electron chi connectivity index (χ4n) is 3.22. The van der Waals surface area contributed by atoms with E-state index in [2.05, 4.69) is 0 Å². The maximum absolute atomic E-state index is 13.9. The van der Waals surface area contributed by atoms with Gasteiger partial charge in [-0.05, 0) is 49.7 Å². The third-order valence-electron chi connectivity index (χ3n) is 4.74. The third kappa shape index (κ3) is 5.14. The van der Waals surface area contributed by atoms with Gasteiger partial charge in [0.15, 0.2) is 0 Å². The molecule has 3 rings (SSSR count). The zero-order valence-electron chi connectivity index (χ0n) is 16.7. The first-order chi connectivity index (χ1) is 14.5. The summed E-state index contributed by atoms with van der Waals surface area (Å²) in [7, 11) is 0. The summed E-state index contributed by atoms with van der Waals surface area (Å²) in [4.78, 5) is 40.0. The number of carbonyl (C=O) groups excluding carboxylic acids is 3. The Morgan fingerprint density at radius 1 is 0.900 bits per heavy atom. The van der Waals surface area contributed by atoms with E-state index in [0.29, 0.717) is 38.2 Å². The second kappa shape index (κ2) is 9.87. The lowest BCUT2D eigenvalue weighted by atomic mass is 10.2. The van der Waals surface area contributed by atoms with E-state index in [0.717, 1.165) is 0 Å². The van der Waals surface area contributed by atoms with Crippen LogP contribution in [0.25, 0.3) is 0 Å². The van der Waals surface area contributed by atoms with E-state index >= 15 is 0 Å². The molecule has 2 aromatic rings. The second-order valence-corrected chi connectivity index (χ2v) is 6.73. The van der Waals surface area contributed by atoms with Crippen LogP contribution in [-0.2, 0) is 4.74 Å². The molecule has 1 aliphatic rings. The second-order valence-electron chi connectivity index (χ2n) is 6.73. The molecule has 1 fully saturated rings. The van der Waals surface area contributed by atoms with Crippen molar-refractivity contribution in [1.82, 2.24) is 9.80 Å². The van der Waals surface area contributed by atoms with E-state index in [1.54, 1.807) is 34.9 Å². The largest absolute Gasteiger partial charge is 0.513 e. The van der Waals surface area contributed by atoms with Gasteiger partial charge in [-0.1, -0.05) is 12.1 Å². The van der Waals surface area contributed by atoms with Crippen LogP contribution in [0, 0.1) is 5.82 Å². The summed E-state index contributed by atoms with van der Waals surface area (Å²) in [5.41, 5.74) is 0.481. The number of ether oxygens (including phenoxy) is 2. The molecule has 0 aromatic heterocycles. The summed E-state index contributed by atoms with van der Waals surface area (Å²) in [5, 5.41) is 0. The smallest absolute Gasteiger partial charge is 0.434 e. The van der Waals surface area contributed by atoms with Crippen LogP contribution >= 0.6 is 0 Å². The van der Waals surface area contributed by atoms with E-state index in [9.17, 15) is 18.8 Å². The number of halogens is 1. The lowest BCUT2D eigenvalue weighted by molar-refractivity contribution is 0.0716. The lowest BCUT2D eigenvalue weighted by Crippen LogP contribution is -2.37. The van der Waals surface area contributed by atoms with Crippen LogP contribution in [0.5, 0.6) is 5.75 Å². The molecule has 2 aromatic carbocycles. The van der Waals surface area contributed by atoms with Crippen molar-refractivity contribution in [3.8, 4) is 5.75 Å². The summed E-state index contributed by atoms with van der Waals surface area (Å²) in [5.74, 6) is -0.826. The van der Waals surface area contributed by atoms with Gasteiger partial charge in [0.1, 0.15) is 11.6 Å². The number of rotatable bonds is 4. The Morgan fingerprint density at radius 2 is 1.53 bits per heavy atom. The summed E-state index contributed by atoms with van der Waals surface area (Å²) in [6.45, 7) is 3.49. The molecule has 2 amide bonds. The Balaban J connectivity index is 1.61.